The van der Waals surface area contributed by atoms with Crippen LogP contribution in [0.3, 0.4) is 0 Å². The van der Waals surface area contributed by atoms with Crippen LogP contribution in [-0.4, -0.2) is 22.8 Å². The van der Waals surface area contributed by atoms with Gasteiger partial charge in [-0.25, -0.2) is 0 Å². The molecule has 0 saturated carbocycles. The molecule has 2 heterocycles. The standard InChI is InChI=1S/C21H31Br2NO2S/c1-3-5-7-9-11-13-15(14-12-10-8-6-4-2)24-20(25)16-17(21(24)26)19(23)27-18(16)22/h15H,3-14H2,1-2H3. The first-order chi connectivity index (χ1) is 13.0. The molecule has 0 saturated heterocycles. The van der Waals surface area contributed by atoms with Gasteiger partial charge in [0, 0.05) is 6.04 Å². The molecule has 0 unspecified atom stereocenters. The van der Waals surface area contributed by atoms with Crippen molar-refractivity contribution in [2.45, 2.75) is 96.9 Å². The zero-order chi connectivity index (χ0) is 19.8. The van der Waals surface area contributed by atoms with Crippen molar-refractivity contribution in [2.75, 3.05) is 0 Å². The minimum Gasteiger partial charge on any atom is -0.271 e. The Morgan fingerprint density at radius 2 is 1.15 bits per heavy atom. The lowest BCUT2D eigenvalue weighted by atomic mass is 9.99. The van der Waals surface area contributed by atoms with Gasteiger partial charge in [-0.15, -0.1) is 11.3 Å². The van der Waals surface area contributed by atoms with Crippen molar-refractivity contribution in [1.82, 2.24) is 4.90 Å². The molecule has 0 fully saturated rings. The first kappa shape index (κ1) is 23.1. The molecule has 1 aromatic rings. The lowest BCUT2D eigenvalue weighted by molar-refractivity contribution is 0.0562. The lowest BCUT2D eigenvalue weighted by Crippen LogP contribution is -2.40. The predicted octanol–water partition coefficient (Wildman–Crippen LogP) is 7.96. The van der Waals surface area contributed by atoms with E-state index in [-0.39, 0.29) is 17.9 Å². The van der Waals surface area contributed by atoms with E-state index < -0.39 is 0 Å². The number of fused-ring (bicyclic) bond motifs is 1. The summed E-state index contributed by atoms with van der Waals surface area (Å²) in [6, 6.07) is 0.0319. The van der Waals surface area contributed by atoms with Gasteiger partial charge in [0.2, 0.25) is 0 Å². The zero-order valence-corrected chi connectivity index (χ0v) is 20.5. The van der Waals surface area contributed by atoms with Crippen LogP contribution >= 0.6 is 43.2 Å². The highest BCUT2D eigenvalue weighted by atomic mass is 79.9. The number of amides is 2. The fourth-order valence-corrected chi connectivity index (χ4v) is 6.89. The molecular weight excluding hydrogens is 490 g/mol. The number of thiophene rings is 1. The van der Waals surface area contributed by atoms with Gasteiger partial charge in [-0.3, -0.25) is 14.5 Å². The van der Waals surface area contributed by atoms with Crippen LogP contribution in [-0.2, 0) is 0 Å². The zero-order valence-electron chi connectivity index (χ0n) is 16.5. The van der Waals surface area contributed by atoms with Crippen molar-refractivity contribution in [2.24, 2.45) is 0 Å². The van der Waals surface area contributed by atoms with Gasteiger partial charge in [-0.05, 0) is 44.7 Å². The van der Waals surface area contributed by atoms with Crippen LogP contribution in [0.5, 0.6) is 0 Å². The highest BCUT2D eigenvalue weighted by Crippen LogP contribution is 2.43. The molecule has 0 radical (unpaired) electrons. The van der Waals surface area contributed by atoms with Crippen LogP contribution in [0.15, 0.2) is 7.57 Å². The molecule has 1 aliphatic rings. The van der Waals surface area contributed by atoms with Gasteiger partial charge in [0.15, 0.2) is 0 Å². The van der Waals surface area contributed by atoms with Gasteiger partial charge in [0.05, 0.1) is 18.7 Å². The molecule has 3 nitrogen and oxygen atoms in total. The van der Waals surface area contributed by atoms with E-state index in [1.807, 2.05) is 0 Å². The van der Waals surface area contributed by atoms with Gasteiger partial charge in [-0.2, -0.15) is 0 Å². The number of nitrogens with zero attached hydrogens (tertiary/aromatic N) is 1. The molecule has 0 N–H and O–H groups in total. The summed E-state index contributed by atoms with van der Waals surface area (Å²) >= 11 is 8.34. The maximum atomic E-state index is 13.0. The second kappa shape index (κ2) is 11.7. The average Bonchev–Trinajstić information content (AvgIpc) is 3.08. The lowest BCUT2D eigenvalue weighted by Gasteiger charge is -2.27. The third-order valence-corrected chi connectivity index (χ3v) is 7.87. The van der Waals surface area contributed by atoms with Crippen molar-refractivity contribution in [3.05, 3.63) is 18.7 Å². The largest absolute Gasteiger partial charge is 0.271 e. The van der Waals surface area contributed by atoms with Crippen LogP contribution in [0.2, 0.25) is 0 Å². The van der Waals surface area contributed by atoms with E-state index in [9.17, 15) is 9.59 Å². The Labute approximate surface area is 184 Å². The number of rotatable bonds is 13. The fraction of sp³-hybridized carbons (Fsp3) is 0.714. The van der Waals surface area contributed by atoms with Crippen LogP contribution in [0.1, 0.15) is 112 Å². The van der Waals surface area contributed by atoms with Crippen LogP contribution in [0, 0.1) is 0 Å². The molecule has 1 aliphatic heterocycles. The summed E-state index contributed by atoms with van der Waals surface area (Å²) in [7, 11) is 0. The summed E-state index contributed by atoms with van der Waals surface area (Å²) in [5.74, 6) is -0.230. The van der Waals surface area contributed by atoms with E-state index in [1.54, 1.807) is 4.90 Å². The van der Waals surface area contributed by atoms with E-state index in [2.05, 4.69) is 45.7 Å². The second-order valence-electron chi connectivity index (χ2n) is 7.44. The molecule has 0 spiro atoms. The molecule has 152 valence electrons. The normalized spacial score (nSPS) is 13.9. The molecule has 6 heteroatoms. The molecule has 0 aromatic carbocycles. The summed E-state index contributed by atoms with van der Waals surface area (Å²) in [5, 5.41) is 0. The first-order valence-electron chi connectivity index (χ1n) is 10.4. The smallest absolute Gasteiger partial charge is 0.263 e. The Morgan fingerprint density at radius 1 is 0.741 bits per heavy atom. The number of hydrogen-bond acceptors (Lipinski definition) is 3. The van der Waals surface area contributed by atoms with Gasteiger partial charge in [-0.1, -0.05) is 78.1 Å². The third kappa shape index (κ3) is 5.89. The molecule has 27 heavy (non-hydrogen) atoms. The molecule has 2 rings (SSSR count). The van der Waals surface area contributed by atoms with E-state index in [0.717, 1.165) is 33.3 Å². The van der Waals surface area contributed by atoms with Crippen molar-refractivity contribution >= 4 is 55.0 Å². The maximum Gasteiger partial charge on any atom is 0.263 e. The minimum atomic E-state index is -0.115. The summed E-state index contributed by atoms with van der Waals surface area (Å²) < 4.78 is 1.52. The number of carbonyl (C=O) groups excluding carboxylic acids is 2. The van der Waals surface area contributed by atoms with Gasteiger partial charge < -0.3 is 0 Å². The Kier molecular flexibility index (Phi) is 10.0. The first-order valence-corrected chi connectivity index (χ1v) is 12.8. The summed E-state index contributed by atoms with van der Waals surface area (Å²) in [4.78, 5) is 27.6. The van der Waals surface area contributed by atoms with Crippen LogP contribution < -0.4 is 0 Å². The topological polar surface area (TPSA) is 37.4 Å². The van der Waals surface area contributed by atoms with Crippen molar-refractivity contribution in [1.29, 1.82) is 0 Å². The Morgan fingerprint density at radius 3 is 1.56 bits per heavy atom. The maximum absolute atomic E-state index is 13.0. The fourth-order valence-electron chi connectivity index (χ4n) is 3.79. The minimum absolute atomic E-state index is 0.0319. The number of imide groups is 1. The molecule has 0 atom stereocenters. The Hall–Kier alpha value is -0.200. The SMILES string of the molecule is CCCCCCCC(CCCCCCC)N1C(=O)c2c(Br)sc(Br)c2C1=O. The van der Waals surface area contributed by atoms with E-state index in [1.165, 1.54) is 62.7 Å². The Bertz CT molecular complexity index is 594. The molecule has 1 aromatic heterocycles. The van der Waals surface area contributed by atoms with Crippen molar-refractivity contribution in [3.63, 3.8) is 0 Å². The van der Waals surface area contributed by atoms with Crippen LogP contribution in [0.25, 0.3) is 0 Å². The molecule has 0 aliphatic carbocycles. The van der Waals surface area contributed by atoms with Crippen molar-refractivity contribution in [3.8, 4) is 0 Å². The van der Waals surface area contributed by atoms with Crippen molar-refractivity contribution < 1.29 is 9.59 Å². The summed E-state index contributed by atoms with van der Waals surface area (Å²) in [6.07, 6.45) is 13.9. The summed E-state index contributed by atoms with van der Waals surface area (Å²) in [5.41, 5.74) is 1.11. The summed E-state index contributed by atoms with van der Waals surface area (Å²) in [6.45, 7) is 4.43. The quantitative estimate of drug-likeness (QED) is 0.195. The molecule has 0 bridgehead atoms. The van der Waals surface area contributed by atoms with Crippen LogP contribution in [0.4, 0.5) is 0 Å². The number of carbonyl (C=O) groups is 2. The van der Waals surface area contributed by atoms with Gasteiger partial charge in [0.1, 0.15) is 0 Å². The average molecular weight is 521 g/mol. The number of halogens is 2. The van der Waals surface area contributed by atoms with E-state index in [0.29, 0.717) is 11.1 Å². The van der Waals surface area contributed by atoms with E-state index >= 15 is 0 Å². The van der Waals surface area contributed by atoms with E-state index in [4.69, 9.17) is 0 Å². The number of hydrogen-bond donors (Lipinski definition) is 0. The number of unbranched alkanes of at least 4 members (excludes halogenated alkanes) is 8. The Balaban J connectivity index is 2.04. The third-order valence-electron chi connectivity index (χ3n) is 5.33. The molecular formula is C21H31Br2NO2S. The highest BCUT2D eigenvalue weighted by Gasteiger charge is 2.43. The highest BCUT2D eigenvalue weighted by molar-refractivity contribution is 9.12. The predicted molar refractivity (Wildman–Crippen MR) is 121 cm³/mol. The van der Waals surface area contributed by atoms with Gasteiger partial charge in [0.25, 0.3) is 11.8 Å². The van der Waals surface area contributed by atoms with Gasteiger partial charge >= 0.3 is 0 Å². The second-order valence-corrected chi connectivity index (χ2v) is 11.1. The monoisotopic (exact) mass is 519 g/mol. The molecule has 2 amide bonds.